The van der Waals surface area contributed by atoms with Crippen molar-refractivity contribution in [2.75, 3.05) is 0 Å². The van der Waals surface area contributed by atoms with E-state index in [0.29, 0.717) is 5.92 Å². The average molecular weight is 329 g/mol. The number of aliphatic hydroxyl groups excluding tert-OH is 1. The fraction of sp³-hybridized carbons (Fsp3) is 0.950. The minimum Gasteiger partial charge on any atom is -0.479 e. The molecule has 2 N–H and O–H groups in total. The number of hydrogen-bond acceptors (Lipinski definition) is 2. The third kappa shape index (κ3) is 12.5. The molecule has 0 rings (SSSR count). The molecule has 4 atom stereocenters. The summed E-state index contributed by atoms with van der Waals surface area (Å²) in [4.78, 5) is 10.7. The highest BCUT2D eigenvalue weighted by Crippen LogP contribution is 2.22. The Morgan fingerprint density at radius 3 is 1.52 bits per heavy atom. The number of aliphatic carboxylic acids is 1. The number of rotatable bonds is 14. The average Bonchev–Trinajstić information content (AvgIpc) is 2.45. The van der Waals surface area contributed by atoms with Gasteiger partial charge in [-0.1, -0.05) is 86.0 Å². The second-order valence-electron chi connectivity index (χ2n) is 8.16. The first kappa shape index (κ1) is 22.4. The van der Waals surface area contributed by atoms with Crippen LogP contribution in [0, 0.1) is 23.7 Å². The molecule has 0 aromatic rings. The van der Waals surface area contributed by atoms with Crippen molar-refractivity contribution in [1.82, 2.24) is 0 Å². The topological polar surface area (TPSA) is 57.5 Å². The summed E-state index contributed by atoms with van der Waals surface area (Å²) in [5.41, 5.74) is 0. The van der Waals surface area contributed by atoms with E-state index in [0.717, 1.165) is 31.1 Å². The Bertz CT molecular complexity index is 301. The van der Waals surface area contributed by atoms with Gasteiger partial charge in [0, 0.05) is 0 Å². The third-order valence-corrected chi connectivity index (χ3v) is 5.02. The molecule has 0 aromatic carbocycles. The van der Waals surface area contributed by atoms with Crippen molar-refractivity contribution in [1.29, 1.82) is 0 Å². The zero-order valence-electron chi connectivity index (χ0n) is 16.1. The predicted octanol–water partition coefficient (Wildman–Crippen LogP) is 5.51. The largest absolute Gasteiger partial charge is 0.479 e. The molecule has 0 aliphatic heterocycles. The summed E-state index contributed by atoms with van der Waals surface area (Å²) in [5, 5.41) is 18.2. The maximum atomic E-state index is 10.7. The summed E-state index contributed by atoms with van der Waals surface area (Å²) < 4.78 is 0. The van der Waals surface area contributed by atoms with E-state index in [1.165, 1.54) is 38.5 Å². The lowest BCUT2D eigenvalue weighted by atomic mass is 9.90. The summed E-state index contributed by atoms with van der Waals surface area (Å²) in [6, 6.07) is 0. The Hall–Kier alpha value is -0.570. The molecule has 0 aliphatic carbocycles. The lowest BCUT2D eigenvalue weighted by Gasteiger charge is -2.17. The summed E-state index contributed by atoms with van der Waals surface area (Å²) >= 11 is 0. The Labute approximate surface area is 143 Å². The second kappa shape index (κ2) is 12.8. The fourth-order valence-corrected chi connectivity index (χ4v) is 3.17. The van der Waals surface area contributed by atoms with Gasteiger partial charge in [-0.05, 0) is 30.1 Å². The third-order valence-electron chi connectivity index (χ3n) is 5.02. The van der Waals surface area contributed by atoms with E-state index in [-0.39, 0.29) is 5.92 Å². The number of carbonyl (C=O) groups is 1. The van der Waals surface area contributed by atoms with Crippen molar-refractivity contribution in [3.05, 3.63) is 0 Å². The zero-order chi connectivity index (χ0) is 17.8. The highest BCUT2D eigenvalue weighted by Gasteiger charge is 2.21. The lowest BCUT2D eigenvalue weighted by molar-refractivity contribution is -0.149. The molecule has 3 unspecified atom stereocenters. The SMILES string of the molecule is CC(C)CCCC(C)CCCC(C)CCCC(C)[C@H](O)C(=O)O. The summed E-state index contributed by atoms with van der Waals surface area (Å²) in [6.45, 7) is 11.1. The molecule has 0 aromatic heterocycles. The molecule has 138 valence electrons. The molecule has 3 nitrogen and oxygen atoms in total. The molecule has 0 fully saturated rings. The van der Waals surface area contributed by atoms with E-state index < -0.39 is 12.1 Å². The van der Waals surface area contributed by atoms with Gasteiger partial charge in [-0.25, -0.2) is 4.79 Å². The number of carboxylic acid groups (broad SMARTS) is 1. The van der Waals surface area contributed by atoms with Crippen LogP contribution in [0.5, 0.6) is 0 Å². The molecule has 3 heteroatoms. The normalized spacial score (nSPS) is 17.0. The Morgan fingerprint density at radius 2 is 1.13 bits per heavy atom. The highest BCUT2D eigenvalue weighted by atomic mass is 16.4. The molecule has 23 heavy (non-hydrogen) atoms. The van der Waals surface area contributed by atoms with Gasteiger partial charge in [-0.3, -0.25) is 0 Å². The number of carboxylic acids is 1. The van der Waals surface area contributed by atoms with Crippen LogP contribution in [-0.2, 0) is 4.79 Å². The van der Waals surface area contributed by atoms with E-state index >= 15 is 0 Å². The van der Waals surface area contributed by atoms with Gasteiger partial charge in [0.15, 0.2) is 6.10 Å². The van der Waals surface area contributed by atoms with Crippen molar-refractivity contribution in [3.8, 4) is 0 Å². The first-order chi connectivity index (χ1) is 10.7. The van der Waals surface area contributed by atoms with Gasteiger partial charge in [0.05, 0.1) is 0 Å². The number of aliphatic hydroxyl groups is 1. The summed E-state index contributed by atoms with van der Waals surface area (Å²) in [6.07, 6.45) is 9.70. The van der Waals surface area contributed by atoms with Crippen LogP contribution < -0.4 is 0 Å². The van der Waals surface area contributed by atoms with Gasteiger partial charge >= 0.3 is 5.97 Å². The minimum atomic E-state index is -1.21. The van der Waals surface area contributed by atoms with Gasteiger partial charge < -0.3 is 10.2 Å². The monoisotopic (exact) mass is 328 g/mol. The van der Waals surface area contributed by atoms with Crippen molar-refractivity contribution in [3.63, 3.8) is 0 Å². The van der Waals surface area contributed by atoms with Crippen LogP contribution in [0.15, 0.2) is 0 Å². The van der Waals surface area contributed by atoms with Crippen LogP contribution in [0.25, 0.3) is 0 Å². The van der Waals surface area contributed by atoms with Gasteiger partial charge in [-0.15, -0.1) is 0 Å². The first-order valence-corrected chi connectivity index (χ1v) is 9.64. The maximum absolute atomic E-state index is 10.7. The van der Waals surface area contributed by atoms with Crippen LogP contribution in [0.4, 0.5) is 0 Å². The zero-order valence-corrected chi connectivity index (χ0v) is 16.1. The van der Waals surface area contributed by atoms with Crippen molar-refractivity contribution in [2.45, 2.75) is 98.5 Å². The van der Waals surface area contributed by atoms with Crippen molar-refractivity contribution >= 4 is 5.97 Å². The van der Waals surface area contributed by atoms with Crippen LogP contribution in [0.2, 0.25) is 0 Å². The van der Waals surface area contributed by atoms with Crippen molar-refractivity contribution in [2.24, 2.45) is 23.7 Å². The van der Waals surface area contributed by atoms with Crippen LogP contribution >= 0.6 is 0 Å². The smallest absolute Gasteiger partial charge is 0.332 e. The van der Waals surface area contributed by atoms with Gasteiger partial charge in [0.1, 0.15) is 0 Å². The van der Waals surface area contributed by atoms with Crippen LogP contribution in [0.3, 0.4) is 0 Å². The molecule has 0 bridgehead atoms. The molecule has 0 saturated heterocycles. The van der Waals surface area contributed by atoms with Crippen LogP contribution in [-0.4, -0.2) is 22.3 Å². The number of hydrogen-bond donors (Lipinski definition) is 2. The molecule has 0 aliphatic rings. The Morgan fingerprint density at radius 1 is 0.739 bits per heavy atom. The minimum absolute atomic E-state index is 0.152. The molecule has 0 heterocycles. The summed E-state index contributed by atoms with van der Waals surface area (Å²) in [7, 11) is 0. The molecule has 0 amide bonds. The van der Waals surface area contributed by atoms with E-state index in [1.807, 2.05) is 6.92 Å². The Balaban J connectivity index is 3.63. The Kier molecular flexibility index (Phi) is 12.5. The van der Waals surface area contributed by atoms with E-state index in [1.54, 1.807) is 0 Å². The predicted molar refractivity (Wildman–Crippen MR) is 97.5 cm³/mol. The van der Waals surface area contributed by atoms with Crippen molar-refractivity contribution < 1.29 is 15.0 Å². The van der Waals surface area contributed by atoms with E-state index in [9.17, 15) is 9.90 Å². The van der Waals surface area contributed by atoms with E-state index in [4.69, 9.17) is 5.11 Å². The van der Waals surface area contributed by atoms with Crippen LogP contribution in [0.1, 0.15) is 92.4 Å². The maximum Gasteiger partial charge on any atom is 0.332 e. The van der Waals surface area contributed by atoms with Gasteiger partial charge in [-0.2, -0.15) is 0 Å². The first-order valence-electron chi connectivity index (χ1n) is 9.64. The van der Waals surface area contributed by atoms with Gasteiger partial charge in [0.2, 0.25) is 0 Å². The van der Waals surface area contributed by atoms with Gasteiger partial charge in [0.25, 0.3) is 0 Å². The molecule has 0 saturated carbocycles. The summed E-state index contributed by atoms with van der Waals surface area (Å²) in [5.74, 6) is 1.11. The second-order valence-corrected chi connectivity index (χ2v) is 8.16. The quantitative estimate of drug-likeness (QED) is 0.442. The molecule has 0 radical (unpaired) electrons. The molecular weight excluding hydrogens is 288 g/mol. The highest BCUT2D eigenvalue weighted by molar-refractivity contribution is 5.72. The molecular formula is C20H40O3. The standard InChI is InChI=1S/C20H40O3/c1-15(2)9-6-10-16(3)11-7-12-17(4)13-8-14-18(5)19(21)20(22)23/h15-19,21H,6-14H2,1-5H3,(H,22,23)/t16?,17?,18?,19-/m0/s1. The van der Waals surface area contributed by atoms with E-state index in [2.05, 4.69) is 27.7 Å². The fourth-order valence-electron chi connectivity index (χ4n) is 3.17. The lowest BCUT2D eigenvalue weighted by Crippen LogP contribution is -2.27. The molecule has 0 spiro atoms.